The number of ether oxygens (including phenoxy) is 1. The molecule has 0 aromatic carbocycles. The van der Waals surface area contributed by atoms with Gasteiger partial charge in [0.2, 0.25) is 0 Å². The standard InChI is InChI=1S/C13H26N2O/c1-3-7-14-12-5-4-6-13(12)15-8-9-16-11(2)10-15/h11-14H,3-10H2,1-2H3. The molecule has 1 heterocycles. The Hall–Kier alpha value is -0.120. The average Bonchev–Trinajstić information content (AvgIpc) is 2.74. The van der Waals surface area contributed by atoms with E-state index in [1.807, 2.05) is 0 Å². The van der Waals surface area contributed by atoms with E-state index in [0.717, 1.165) is 31.8 Å². The number of morpholine rings is 1. The average molecular weight is 226 g/mol. The van der Waals surface area contributed by atoms with Crippen LogP contribution in [0.4, 0.5) is 0 Å². The molecule has 16 heavy (non-hydrogen) atoms. The molecule has 0 bridgehead atoms. The number of rotatable bonds is 4. The largest absolute Gasteiger partial charge is 0.376 e. The molecule has 0 radical (unpaired) electrons. The van der Waals surface area contributed by atoms with Crippen molar-refractivity contribution in [3.63, 3.8) is 0 Å². The second-order valence-corrected chi connectivity index (χ2v) is 5.24. The van der Waals surface area contributed by atoms with Gasteiger partial charge in [-0.3, -0.25) is 4.90 Å². The van der Waals surface area contributed by atoms with Crippen molar-refractivity contribution >= 4 is 0 Å². The van der Waals surface area contributed by atoms with Crippen molar-refractivity contribution in [3.05, 3.63) is 0 Å². The maximum absolute atomic E-state index is 5.62. The van der Waals surface area contributed by atoms with Crippen LogP contribution in [0.2, 0.25) is 0 Å². The lowest BCUT2D eigenvalue weighted by Crippen LogP contribution is -2.52. The Kier molecular flexibility index (Phi) is 4.62. The Bertz CT molecular complexity index is 210. The maximum atomic E-state index is 5.62. The highest BCUT2D eigenvalue weighted by molar-refractivity contribution is 4.91. The van der Waals surface area contributed by atoms with Gasteiger partial charge in [-0.05, 0) is 32.7 Å². The van der Waals surface area contributed by atoms with E-state index in [1.54, 1.807) is 0 Å². The number of nitrogens with zero attached hydrogens (tertiary/aromatic N) is 1. The van der Waals surface area contributed by atoms with Crippen LogP contribution < -0.4 is 5.32 Å². The summed E-state index contributed by atoms with van der Waals surface area (Å²) < 4.78 is 5.62. The highest BCUT2D eigenvalue weighted by Crippen LogP contribution is 2.25. The number of hydrogen-bond donors (Lipinski definition) is 1. The monoisotopic (exact) mass is 226 g/mol. The Labute approximate surface area is 99.5 Å². The summed E-state index contributed by atoms with van der Waals surface area (Å²) in [6.07, 6.45) is 5.77. The second-order valence-electron chi connectivity index (χ2n) is 5.24. The normalized spacial score (nSPS) is 36.8. The van der Waals surface area contributed by atoms with E-state index in [2.05, 4.69) is 24.1 Å². The molecule has 3 unspecified atom stereocenters. The van der Waals surface area contributed by atoms with Crippen LogP contribution in [-0.2, 0) is 4.74 Å². The summed E-state index contributed by atoms with van der Waals surface area (Å²) in [5.74, 6) is 0. The van der Waals surface area contributed by atoms with Crippen molar-refractivity contribution in [2.75, 3.05) is 26.2 Å². The van der Waals surface area contributed by atoms with Gasteiger partial charge in [0, 0.05) is 25.2 Å². The van der Waals surface area contributed by atoms with Crippen LogP contribution in [0.25, 0.3) is 0 Å². The van der Waals surface area contributed by atoms with E-state index in [0.29, 0.717) is 6.10 Å². The molecule has 3 heteroatoms. The van der Waals surface area contributed by atoms with Gasteiger partial charge in [-0.15, -0.1) is 0 Å². The van der Waals surface area contributed by atoms with Gasteiger partial charge in [-0.1, -0.05) is 13.3 Å². The second kappa shape index (κ2) is 5.99. The van der Waals surface area contributed by atoms with Gasteiger partial charge in [0.25, 0.3) is 0 Å². The zero-order chi connectivity index (χ0) is 11.4. The van der Waals surface area contributed by atoms with Gasteiger partial charge < -0.3 is 10.1 Å². The maximum Gasteiger partial charge on any atom is 0.0674 e. The number of hydrogen-bond acceptors (Lipinski definition) is 3. The van der Waals surface area contributed by atoms with E-state index in [-0.39, 0.29) is 0 Å². The van der Waals surface area contributed by atoms with Crippen molar-refractivity contribution < 1.29 is 4.74 Å². The first-order chi connectivity index (χ1) is 7.81. The first-order valence-electron chi connectivity index (χ1n) is 6.90. The summed E-state index contributed by atoms with van der Waals surface area (Å²) in [4.78, 5) is 2.65. The Morgan fingerprint density at radius 2 is 2.25 bits per heavy atom. The third-order valence-electron chi connectivity index (χ3n) is 3.88. The van der Waals surface area contributed by atoms with Crippen LogP contribution in [-0.4, -0.2) is 49.3 Å². The van der Waals surface area contributed by atoms with E-state index < -0.39 is 0 Å². The molecule has 3 atom stereocenters. The smallest absolute Gasteiger partial charge is 0.0674 e. The molecule has 0 aromatic heterocycles. The quantitative estimate of drug-likeness (QED) is 0.788. The van der Waals surface area contributed by atoms with E-state index >= 15 is 0 Å². The van der Waals surface area contributed by atoms with Crippen LogP contribution in [0.15, 0.2) is 0 Å². The molecule has 2 rings (SSSR count). The lowest BCUT2D eigenvalue weighted by molar-refractivity contribution is -0.0366. The van der Waals surface area contributed by atoms with Crippen molar-refractivity contribution in [2.45, 2.75) is 57.7 Å². The van der Waals surface area contributed by atoms with Crippen LogP contribution in [0.1, 0.15) is 39.5 Å². The SMILES string of the molecule is CCCNC1CCCC1N1CCOC(C)C1. The van der Waals surface area contributed by atoms with E-state index in [9.17, 15) is 0 Å². The molecule has 1 N–H and O–H groups in total. The Morgan fingerprint density at radius 1 is 1.38 bits per heavy atom. The number of nitrogens with one attached hydrogen (secondary N) is 1. The topological polar surface area (TPSA) is 24.5 Å². The molecule has 1 saturated carbocycles. The van der Waals surface area contributed by atoms with Crippen LogP contribution in [0.3, 0.4) is 0 Å². The fourth-order valence-electron chi connectivity index (χ4n) is 3.09. The van der Waals surface area contributed by atoms with Crippen molar-refractivity contribution in [1.29, 1.82) is 0 Å². The molecule has 3 nitrogen and oxygen atoms in total. The molecule has 1 saturated heterocycles. The van der Waals surface area contributed by atoms with Crippen LogP contribution in [0, 0.1) is 0 Å². The summed E-state index contributed by atoms with van der Waals surface area (Å²) in [7, 11) is 0. The highest BCUT2D eigenvalue weighted by atomic mass is 16.5. The Morgan fingerprint density at radius 3 is 3.00 bits per heavy atom. The fraction of sp³-hybridized carbons (Fsp3) is 1.00. The van der Waals surface area contributed by atoms with Crippen molar-refractivity contribution in [1.82, 2.24) is 10.2 Å². The summed E-state index contributed by atoms with van der Waals surface area (Å²) >= 11 is 0. The predicted octanol–water partition coefficient (Wildman–Crippen LogP) is 1.63. The van der Waals surface area contributed by atoms with Gasteiger partial charge in [0.15, 0.2) is 0 Å². The molecule has 2 aliphatic rings. The van der Waals surface area contributed by atoms with Crippen molar-refractivity contribution in [2.24, 2.45) is 0 Å². The predicted molar refractivity (Wildman–Crippen MR) is 66.7 cm³/mol. The molecule has 0 aromatic rings. The molecule has 1 aliphatic heterocycles. The minimum Gasteiger partial charge on any atom is -0.376 e. The van der Waals surface area contributed by atoms with Gasteiger partial charge >= 0.3 is 0 Å². The first-order valence-corrected chi connectivity index (χ1v) is 6.90. The minimum atomic E-state index is 0.418. The zero-order valence-electron chi connectivity index (χ0n) is 10.7. The molecule has 0 spiro atoms. The fourth-order valence-corrected chi connectivity index (χ4v) is 3.09. The van der Waals surface area contributed by atoms with Crippen LogP contribution in [0.5, 0.6) is 0 Å². The third kappa shape index (κ3) is 2.96. The Balaban J connectivity index is 1.86. The lowest BCUT2D eigenvalue weighted by Gasteiger charge is -2.38. The van der Waals surface area contributed by atoms with Gasteiger partial charge in [-0.2, -0.15) is 0 Å². The molecular formula is C13H26N2O. The van der Waals surface area contributed by atoms with E-state index in [4.69, 9.17) is 4.74 Å². The van der Waals surface area contributed by atoms with Gasteiger partial charge in [0.1, 0.15) is 0 Å². The minimum absolute atomic E-state index is 0.418. The van der Waals surface area contributed by atoms with Gasteiger partial charge in [0.05, 0.1) is 12.7 Å². The molecule has 0 amide bonds. The third-order valence-corrected chi connectivity index (χ3v) is 3.88. The van der Waals surface area contributed by atoms with Gasteiger partial charge in [-0.25, -0.2) is 0 Å². The molecule has 94 valence electrons. The van der Waals surface area contributed by atoms with Crippen molar-refractivity contribution in [3.8, 4) is 0 Å². The first kappa shape index (κ1) is 12.3. The highest BCUT2D eigenvalue weighted by Gasteiger charge is 2.33. The molecular weight excluding hydrogens is 200 g/mol. The zero-order valence-corrected chi connectivity index (χ0v) is 10.7. The lowest BCUT2D eigenvalue weighted by atomic mass is 10.1. The molecule has 1 aliphatic carbocycles. The molecule has 2 fully saturated rings. The summed E-state index contributed by atoms with van der Waals surface area (Å²) in [5.41, 5.74) is 0. The van der Waals surface area contributed by atoms with Crippen LogP contribution >= 0.6 is 0 Å². The van der Waals surface area contributed by atoms with E-state index in [1.165, 1.54) is 32.2 Å². The summed E-state index contributed by atoms with van der Waals surface area (Å²) in [5, 5.41) is 3.71. The summed E-state index contributed by atoms with van der Waals surface area (Å²) in [6, 6.07) is 1.49. The summed E-state index contributed by atoms with van der Waals surface area (Å²) in [6.45, 7) is 8.76.